The number of para-hydroxylation sites is 1. The van der Waals surface area contributed by atoms with Gasteiger partial charge in [-0.2, -0.15) is 0 Å². The number of rotatable bonds is 8. The van der Waals surface area contributed by atoms with Gasteiger partial charge in [0.1, 0.15) is 6.10 Å². The molecule has 0 aliphatic carbocycles. The van der Waals surface area contributed by atoms with Gasteiger partial charge < -0.3 is 4.74 Å². The van der Waals surface area contributed by atoms with Crippen LogP contribution in [0.3, 0.4) is 0 Å². The van der Waals surface area contributed by atoms with Crippen LogP contribution >= 0.6 is 0 Å². The van der Waals surface area contributed by atoms with Crippen LogP contribution in [-0.2, 0) is 16.0 Å². The van der Waals surface area contributed by atoms with Gasteiger partial charge in [0.05, 0.1) is 17.5 Å². The second kappa shape index (κ2) is 10.6. The van der Waals surface area contributed by atoms with E-state index in [4.69, 9.17) is 4.74 Å². The summed E-state index contributed by atoms with van der Waals surface area (Å²) in [7, 11) is 0. The number of benzene rings is 2. The van der Waals surface area contributed by atoms with Gasteiger partial charge >= 0.3 is 5.97 Å². The molecule has 0 N–H and O–H groups in total. The van der Waals surface area contributed by atoms with E-state index in [0.29, 0.717) is 17.8 Å². The van der Waals surface area contributed by atoms with Crippen molar-refractivity contribution in [2.24, 2.45) is 17.8 Å². The molecule has 3 aromatic rings. The molecule has 2 bridgehead atoms. The Kier molecular flexibility index (Phi) is 7.25. The summed E-state index contributed by atoms with van der Waals surface area (Å²) in [6, 6.07) is 18.8. The Morgan fingerprint density at radius 1 is 1.14 bits per heavy atom. The largest absolute Gasteiger partial charge is 0.455 e. The van der Waals surface area contributed by atoms with Crippen LogP contribution in [-0.4, -0.2) is 35.0 Å². The highest BCUT2D eigenvalue weighted by molar-refractivity contribution is 5.83. The highest BCUT2D eigenvalue weighted by Gasteiger charge is 2.44. The second-order valence-electron chi connectivity index (χ2n) is 11.1. The fourth-order valence-corrected chi connectivity index (χ4v) is 6.18. The number of piperidine rings is 3. The summed E-state index contributed by atoms with van der Waals surface area (Å²) in [5, 5.41) is 1.06. The lowest BCUT2D eigenvalue weighted by atomic mass is 9.73. The number of pyridine rings is 1. The predicted octanol–water partition coefficient (Wildman–Crippen LogP) is 6.72. The number of ether oxygens (including phenoxy) is 1. The smallest absolute Gasteiger partial charge is 0.313 e. The van der Waals surface area contributed by atoms with Gasteiger partial charge in [-0.05, 0) is 73.7 Å². The monoisotopic (exact) mass is 482 g/mol. The summed E-state index contributed by atoms with van der Waals surface area (Å²) in [6.45, 7) is 12.5. The van der Waals surface area contributed by atoms with Gasteiger partial charge in [0.25, 0.3) is 0 Å². The molecule has 0 spiro atoms. The van der Waals surface area contributed by atoms with Crippen molar-refractivity contribution in [2.75, 3.05) is 13.1 Å². The highest BCUT2D eigenvalue weighted by atomic mass is 16.5. The molecule has 36 heavy (non-hydrogen) atoms. The number of carbonyl (C=O) groups excluding carboxylic acids is 1. The van der Waals surface area contributed by atoms with Crippen LogP contribution in [0.15, 0.2) is 73.4 Å². The van der Waals surface area contributed by atoms with E-state index in [9.17, 15) is 4.79 Å². The maximum Gasteiger partial charge on any atom is 0.313 e. The van der Waals surface area contributed by atoms with E-state index < -0.39 is 0 Å². The minimum Gasteiger partial charge on any atom is -0.455 e. The van der Waals surface area contributed by atoms with Gasteiger partial charge in [-0.15, -0.1) is 6.58 Å². The first kappa shape index (κ1) is 24.7. The summed E-state index contributed by atoms with van der Waals surface area (Å²) in [5.74, 6) is 1.23. The number of nitrogens with zero attached hydrogens (tertiary/aromatic N) is 2. The van der Waals surface area contributed by atoms with Crippen molar-refractivity contribution >= 4 is 16.9 Å². The van der Waals surface area contributed by atoms with E-state index in [2.05, 4.69) is 66.7 Å². The molecule has 3 fully saturated rings. The third kappa shape index (κ3) is 4.97. The molecule has 0 radical (unpaired) electrons. The fraction of sp³-hybridized carbons (Fsp3) is 0.438. The lowest BCUT2D eigenvalue weighted by molar-refractivity contribution is -0.158. The third-order valence-corrected chi connectivity index (χ3v) is 8.21. The van der Waals surface area contributed by atoms with Crippen LogP contribution in [0.5, 0.6) is 0 Å². The number of fused-ring (bicyclic) bond motifs is 4. The van der Waals surface area contributed by atoms with Crippen molar-refractivity contribution in [3.05, 3.63) is 90.1 Å². The van der Waals surface area contributed by atoms with Gasteiger partial charge in [0.2, 0.25) is 0 Å². The van der Waals surface area contributed by atoms with Crippen molar-refractivity contribution in [3.8, 4) is 0 Å². The Morgan fingerprint density at radius 3 is 2.61 bits per heavy atom. The normalized spacial score (nSPS) is 25.0. The molecule has 1 aromatic heterocycles. The van der Waals surface area contributed by atoms with Crippen LogP contribution in [0.4, 0.5) is 0 Å². The summed E-state index contributed by atoms with van der Waals surface area (Å²) >= 11 is 0. The van der Waals surface area contributed by atoms with E-state index in [1.165, 1.54) is 12.0 Å². The molecule has 6 atom stereocenters. The van der Waals surface area contributed by atoms with Crippen molar-refractivity contribution in [2.45, 2.75) is 58.1 Å². The minimum absolute atomic E-state index is 0.162. The fourth-order valence-electron chi connectivity index (χ4n) is 6.18. The molecule has 5 unspecified atom stereocenters. The SMILES string of the molecule is C=CC1CN2CC[C@H]1CC2C(OC(=O)C(C)c1ccc(CC(C)C)cc1)c1ccnc2ccccc12. The maximum atomic E-state index is 13.6. The van der Waals surface area contributed by atoms with Gasteiger partial charge in [0.15, 0.2) is 0 Å². The number of hydrogen-bond acceptors (Lipinski definition) is 4. The summed E-state index contributed by atoms with van der Waals surface area (Å²) in [6.07, 6.45) is 6.87. The van der Waals surface area contributed by atoms with Gasteiger partial charge in [-0.25, -0.2) is 0 Å². The van der Waals surface area contributed by atoms with Crippen molar-refractivity contribution in [3.63, 3.8) is 0 Å². The standard InChI is InChI=1S/C32H38N2O2/c1-5-24-20-34-17-15-26(24)19-30(34)31(28-14-16-33-29-9-7-6-8-27(28)29)36-32(35)22(4)25-12-10-23(11-13-25)18-21(2)3/h5-14,16,21-22,24,26,30-31H,1,15,17-20H2,2-4H3/t22?,24?,26-,30?,31?/m0/s1. The summed E-state index contributed by atoms with van der Waals surface area (Å²) < 4.78 is 6.48. The van der Waals surface area contributed by atoms with Crippen molar-refractivity contribution < 1.29 is 9.53 Å². The molecule has 0 amide bonds. The molecule has 3 aliphatic rings. The van der Waals surface area contributed by atoms with Crippen LogP contribution in [0.2, 0.25) is 0 Å². The number of hydrogen-bond donors (Lipinski definition) is 0. The molecule has 188 valence electrons. The average Bonchev–Trinajstić information content (AvgIpc) is 2.91. The zero-order valence-corrected chi connectivity index (χ0v) is 21.8. The van der Waals surface area contributed by atoms with Crippen molar-refractivity contribution in [1.82, 2.24) is 9.88 Å². The quantitative estimate of drug-likeness (QED) is 0.264. The lowest BCUT2D eigenvalue weighted by Gasteiger charge is -2.51. The zero-order chi connectivity index (χ0) is 25.2. The maximum absolute atomic E-state index is 13.6. The Bertz CT molecular complexity index is 1210. The number of esters is 1. The van der Waals surface area contributed by atoms with Crippen LogP contribution in [0.25, 0.3) is 10.9 Å². The molecular formula is C32H38N2O2. The highest BCUT2D eigenvalue weighted by Crippen LogP contribution is 2.43. The zero-order valence-electron chi connectivity index (χ0n) is 21.8. The first-order valence-corrected chi connectivity index (χ1v) is 13.4. The van der Waals surface area contributed by atoms with Gasteiger partial charge in [-0.1, -0.05) is 62.4 Å². The van der Waals surface area contributed by atoms with Crippen LogP contribution < -0.4 is 0 Å². The van der Waals surface area contributed by atoms with E-state index in [-0.39, 0.29) is 24.0 Å². The summed E-state index contributed by atoms with van der Waals surface area (Å²) in [5.41, 5.74) is 4.30. The molecule has 2 aromatic carbocycles. The first-order chi connectivity index (χ1) is 17.4. The summed E-state index contributed by atoms with van der Waals surface area (Å²) in [4.78, 5) is 20.7. The first-order valence-electron chi connectivity index (χ1n) is 13.4. The molecule has 4 heterocycles. The van der Waals surface area contributed by atoms with Gasteiger partial charge in [0, 0.05) is 23.7 Å². The Morgan fingerprint density at radius 2 is 1.92 bits per heavy atom. The van der Waals surface area contributed by atoms with Crippen LogP contribution in [0, 0.1) is 17.8 Å². The average molecular weight is 483 g/mol. The molecular weight excluding hydrogens is 444 g/mol. The lowest BCUT2D eigenvalue weighted by Crippen LogP contribution is -2.55. The predicted molar refractivity (Wildman–Crippen MR) is 146 cm³/mol. The second-order valence-corrected chi connectivity index (χ2v) is 11.1. The number of aromatic nitrogens is 1. The Hall–Kier alpha value is -2.98. The van der Waals surface area contributed by atoms with E-state index in [1.807, 2.05) is 37.4 Å². The molecule has 4 nitrogen and oxygen atoms in total. The van der Waals surface area contributed by atoms with E-state index in [1.54, 1.807) is 0 Å². The molecule has 6 rings (SSSR count). The van der Waals surface area contributed by atoms with Gasteiger partial charge in [-0.3, -0.25) is 14.7 Å². The molecule has 4 heteroatoms. The van der Waals surface area contributed by atoms with Crippen LogP contribution in [0.1, 0.15) is 62.3 Å². The van der Waals surface area contributed by atoms with Crippen molar-refractivity contribution in [1.29, 1.82) is 0 Å². The molecule has 3 aliphatic heterocycles. The Balaban J connectivity index is 1.44. The third-order valence-electron chi connectivity index (χ3n) is 8.21. The van der Waals surface area contributed by atoms with E-state index >= 15 is 0 Å². The number of carbonyl (C=O) groups is 1. The molecule has 0 saturated carbocycles. The topological polar surface area (TPSA) is 42.4 Å². The minimum atomic E-state index is -0.332. The Labute approximate surface area is 215 Å². The molecule has 3 saturated heterocycles. The van der Waals surface area contributed by atoms with E-state index in [0.717, 1.165) is 48.0 Å².